The van der Waals surface area contributed by atoms with E-state index < -0.39 is 5.51 Å². The van der Waals surface area contributed by atoms with Gasteiger partial charge >= 0.3 is 5.51 Å². The van der Waals surface area contributed by atoms with Crippen LogP contribution in [0, 0.1) is 0 Å². The molecule has 0 radical (unpaired) electrons. The molecule has 20 heavy (non-hydrogen) atoms. The fourth-order valence-electron chi connectivity index (χ4n) is 2.03. The average Bonchev–Trinajstić information content (AvgIpc) is 3.17. The van der Waals surface area contributed by atoms with Gasteiger partial charge in [0, 0.05) is 23.4 Å². The maximum atomic E-state index is 12.2. The lowest BCUT2D eigenvalue weighted by Gasteiger charge is -2.18. The van der Waals surface area contributed by atoms with Crippen molar-refractivity contribution in [2.24, 2.45) is 0 Å². The average molecular weight is 324 g/mol. The molecule has 2 rings (SSSR count). The van der Waals surface area contributed by atoms with Gasteiger partial charge in [0.15, 0.2) is 0 Å². The van der Waals surface area contributed by atoms with Crippen LogP contribution in [0.3, 0.4) is 0 Å². The first-order valence-corrected chi connectivity index (χ1v) is 8.00. The number of thioether (sulfide) groups is 1. The van der Waals surface area contributed by atoms with Crippen molar-refractivity contribution in [3.05, 3.63) is 34.9 Å². The van der Waals surface area contributed by atoms with Crippen LogP contribution in [-0.2, 0) is 0 Å². The normalized spacial score (nSPS) is 17.2. The molecule has 6 heteroatoms. The second-order valence-electron chi connectivity index (χ2n) is 5.01. The number of benzene rings is 1. The van der Waals surface area contributed by atoms with Crippen molar-refractivity contribution in [1.29, 1.82) is 0 Å². The van der Waals surface area contributed by atoms with Crippen molar-refractivity contribution in [2.45, 2.75) is 36.7 Å². The third-order valence-corrected chi connectivity index (χ3v) is 4.32. The molecule has 1 nitrogen and oxygen atoms in total. The van der Waals surface area contributed by atoms with Crippen LogP contribution in [-0.4, -0.2) is 23.8 Å². The molecule has 0 amide bonds. The molecule has 112 valence electrons. The van der Waals surface area contributed by atoms with E-state index in [1.165, 1.54) is 12.8 Å². The molecule has 1 saturated carbocycles. The van der Waals surface area contributed by atoms with E-state index in [-0.39, 0.29) is 23.4 Å². The number of halogens is 4. The highest BCUT2D eigenvalue weighted by molar-refractivity contribution is 8.00. The van der Waals surface area contributed by atoms with Gasteiger partial charge in [-0.2, -0.15) is 13.2 Å². The van der Waals surface area contributed by atoms with Gasteiger partial charge in [-0.15, -0.1) is 0 Å². The van der Waals surface area contributed by atoms with Gasteiger partial charge < -0.3 is 5.32 Å². The van der Waals surface area contributed by atoms with E-state index in [4.69, 9.17) is 11.6 Å². The van der Waals surface area contributed by atoms with E-state index in [9.17, 15) is 13.2 Å². The molecule has 0 bridgehead atoms. The first-order valence-electron chi connectivity index (χ1n) is 6.63. The minimum atomic E-state index is -4.14. The number of nitrogens with one attached hydrogen (secondary N) is 1. The Morgan fingerprint density at radius 2 is 1.90 bits per heavy atom. The van der Waals surface area contributed by atoms with Gasteiger partial charge in [0.2, 0.25) is 0 Å². The molecule has 0 aromatic heterocycles. The summed E-state index contributed by atoms with van der Waals surface area (Å²) in [5.41, 5.74) is -3.10. The Morgan fingerprint density at radius 1 is 1.25 bits per heavy atom. The summed E-state index contributed by atoms with van der Waals surface area (Å²) in [5, 5.41) is 4.04. The van der Waals surface area contributed by atoms with E-state index in [1.807, 2.05) is 12.1 Å². The van der Waals surface area contributed by atoms with Gasteiger partial charge in [0.25, 0.3) is 0 Å². The number of alkyl halides is 3. The lowest BCUT2D eigenvalue weighted by molar-refractivity contribution is -0.0328. The Bertz CT molecular complexity index is 417. The van der Waals surface area contributed by atoms with Crippen molar-refractivity contribution in [2.75, 3.05) is 12.3 Å². The summed E-state index contributed by atoms with van der Waals surface area (Å²) in [6.45, 7) is 0.727. The van der Waals surface area contributed by atoms with Gasteiger partial charge in [-0.25, -0.2) is 0 Å². The predicted molar refractivity (Wildman–Crippen MR) is 78.3 cm³/mol. The fraction of sp³-hybridized carbons (Fsp3) is 0.571. The fourth-order valence-corrected chi connectivity index (χ4v) is 2.79. The van der Waals surface area contributed by atoms with Crippen LogP contribution in [0.1, 0.15) is 30.7 Å². The molecule has 0 heterocycles. The van der Waals surface area contributed by atoms with Crippen molar-refractivity contribution in [3.8, 4) is 0 Å². The van der Waals surface area contributed by atoms with Gasteiger partial charge in [-0.1, -0.05) is 35.5 Å². The van der Waals surface area contributed by atoms with E-state index in [1.54, 1.807) is 12.1 Å². The summed E-state index contributed by atoms with van der Waals surface area (Å²) in [4.78, 5) is 0. The van der Waals surface area contributed by atoms with E-state index in [0.717, 1.165) is 12.1 Å². The first-order chi connectivity index (χ1) is 9.44. The molecule has 1 aliphatic rings. The topological polar surface area (TPSA) is 12.0 Å². The van der Waals surface area contributed by atoms with E-state index in [2.05, 4.69) is 5.32 Å². The Labute approximate surface area is 126 Å². The maximum absolute atomic E-state index is 12.2. The molecule has 1 fully saturated rings. The van der Waals surface area contributed by atoms with Crippen LogP contribution in [0.15, 0.2) is 24.3 Å². The van der Waals surface area contributed by atoms with E-state index in [0.29, 0.717) is 17.5 Å². The highest BCUT2D eigenvalue weighted by Gasteiger charge is 2.28. The summed E-state index contributed by atoms with van der Waals surface area (Å²) in [5.74, 6) is 0.186. The van der Waals surface area contributed by atoms with Gasteiger partial charge in [-0.3, -0.25) is 0 Å². The molecule has 1 atom stereocenters. The summed E-state index contributed by atoms with van der Waals surface area (Å²) in [6, 6.07) is 7.94. The molecular formula is C14H17ClF3NS. The minimum absolute atomic E-state index is 0.0558. The summed E-state index contributed by atoms with van der Waals surface area (Å²) in [7, 11) is 0. The zero-order valence-electron chi connectivity index (χ0n) is 10.9. The monoisotopic (exact) mass is 323 g/mol. The van der Waals surface area contributed by atoms with E-state index >= 15 is 0 Å². The third-order valence-electron chi connectivity index (χ3n) is 3.30. The predicted octanol–water partition coefficient (Wildman–Crippen LogP) is 4.82. The molecule has 1 N–H and O–H groups in total. The van der Waals surface area contributed by atoms with Crippen molar-refractivity contribution in [3.63, 3.8) is 0 Å². The number of hydrogen-bond acceptors (Lipinski definition) is 2. The standard InChI is InChI=1S/C14H17ClF3NS/c15-12-3-1-10(2-4-12)11(9-19-13-5-6-13)7-8-20-14(16,17)18/h1-4,11,13,19H,5-9H2. The molecule has 0 saturated heterocycles. The van der Waals surface area contributed by atoms with Crippen LogP contribution in [0.4, 0.5) is 13.2 Å². The Balaban J connectivity index is 1.90. The van der Waals surface area contributed by atoms with Gasteiger partial charge in [0.1, 0.15) is 0 Å². The Morgan fingerprint density at radius 3 is 2.45 bits per heavy atom. The number of rotatable bonds is 7. The molecule has 1 aromatic rings. The Kier molecular flexibility index (Phi) is 5.64. The van der Waals surface area contributed by atoms with Crippen molar-refractivity contribution >= 4 is 23.4 Å². The minimum Gasteiger partial charge on any atom is -0.313 e. The summed E-state index contributed by atoms with van der Waals surface area (Å²) < 4.78 is 36.6. The second-order valence-corrected chi connectivity index (χ2v) is 6.61. The zero-order valence-corrected chi connectivity index (χ0v) is 12.5. The van der Waals surface area contributed by atoms with Crippen molar-refractivity contribution < 1.29 is 13.2 Å². The second kappa shape index (κ2) is 7.05. The molecule has 1 unspecified atom stereocenters. The van der Waals surface area contributed by atoms with Crippen molar-refractivity contribution in [1.82, 2.24) is 5.32 Å². The lowest BCUT2D eigenvalue weighted by atomic mass is 9.96. The van der Waals surface area contributed by atoms with Gasteiger partial charge in [-0.05, 0) is 42.9 Å². The number of hydrogen-bond donors (Lipinski definition) is 1. The quantitative estimate of drug-likeness (QED) is 0.772. The molecule has 0 aliphatic heterocycles. The molecule has 1 aromatic carbocycles. The highest BCUT2D eigenvalue weighted by atomic mass is 35.5. The zero-order chi connectivity index (χ0) is 14.6. The SMILES string of the molecule is FC(F)(F)SCCC(CNC1CC1)c1ccc(Cl)cc1. The molecule has 0 spiro atoms. The largest absolute Gasteiger partial charge is 0.441 e. The Hall–Kier alpha value is -0.390. The van der Waals surface area contributed by atoms with Crippen LogP contribution >= 0.6 is 23.4 Å². The van der Waals surface area contributed by atoms with Crippen LogP contribution in [0.5, 0.6) is 0 Å². The summed E-state index contributed by atoms with van der Waals surface area (Å²) in [6.07, 6.45) is 2.85. The summed E-state index contributed by atoms with van der Waals surface area (Å²) >= 11 is 5.91. The van der Waals surface area contributed by atoms with Crippen LogP contribution in [0.2, 0.25) is 5.02 Å². The highest BCUT2D eigenvalue weighted by Crippen LogP contribution is 2.33. The first kappa shape index (κ1) is 16.0. The molecule has 1 aliphatic carbocycles. The molecular weight excluding hydrogens is 307 g/mol. The van der Waals surface area contributed by atoms with Crippen LogP contribution in [0.25, 0.3) is 0 Å². The maximum Gasteiger partial charge on any atom is 0.441 e. The van der Waals surface area contributed by atoms with Gasteiger partial charge in [0.05, 0.1) is 0 Å². The smallest absolute Gasteiger partial charge is 0.313 e. The third kappa shape index (κ3) is 5.94. The lowest BCUT2D eigenvalue weighted by Crippen LogP contribution is -2.24. The van der Waals surface area contributed by atoms with Crippen LogP contribution < -0.4 is 5.32 Å².